The van der Waals surface area contributed by atoms with Crippen LogP contribution >= 0.6 is 0 Å². The zero-order valence-electron chi connectivity index (χ0n) is 11.2. The second-order valence-electron chi connectivity index (χ2n) is 4.50. The van der Waals surface area contributed by atoms with Crippen LogP contribution in [0, 0.1) is 17.8 Å². The molecule has 0 saturated carbocycles. The molecule has 0 spiro atoms. The summed E-state index contributed by atoms with van der Waals surface area (Å²) in [6.45, 7) is 18.8. The minimum Gasteiger partial charge on any atom is -0.323 e. The van der Waals surface area contributed by atoms with Crippen molar-refractivity contribution in [3.05, 3.63) is 17.8 Å². The summed E-state index contributed by atoms with van der Waals surface area (Å²) in [7, 11) is 0. The van der Waals surface area contributed by atoms with Gasteiger partial charge in [0.2, 0.25) is 0 Å². The van der Waals surface area contributed by atoms with Crippen molar-refractivity contribution in [1.29, 1.82) is 0 Å². The van der Waals surface area contributed by atoms with Crippen LogP contribution in [0.1, 0.15) is 62.3 Å². The summed E-state index contributed by atoms with van der Waals surface area (Å²) in [4.78, 5) is 0. The first kappa shape index (κ1) is 23.4. The molecule has 0 saturated heterocycles. The molecule has 0 aliphatic rings. The molecule has 0 nitrogen and oxygen atoms in total. The van der Waals surface area contributed by atoms with E-state index in [4.69, 9.17) is 0 Å². The maximum absolute atomic E-state index is 2.08. The Bertz CT molecular complexity index is 33.6. The van der Waals surface area contributed by atoms with E-state index in [1.807, 2.05) is 0 Å². The van der Waals surface area contributed by atoms with Gasteiger partial charge in [0.25, 0.3) is 0 Å². The second kappa shape index (κ2) is 18.4. The molecule has 13 heavy (non-hydrogen) atoms. The van der Waals surface area contributed by atoms with Gasteiger partial charge in [-0.15, -0.1) is 0 Å². The molecule has 0 heterocycles. The molecule has 0 bridgehead atoms. The third-order valence-electron chi connectivity index (χ3n) is 0. The van der Waals surface area contributed by atoms with Crippen molar-refractivity contribution in [3.63, 3.8) is 0 Å². The molecule has 0 rings (SSSR count). The van der Waals surface area contributed by atoms with Gasteiger partial charge in [-0.05, 0) is 0 Å². The fourth-order valence-electron chi connectivity index (χ4n) is 0. The monoisotopic (exact) mass is 235 g/mol. The van der Waals surface area contributed by atoms with Gasteiger partial charge in [0, 0.05) is 0 Å². The van der Waals surface area contributed by atoms with E-state index in [9.17, 15) is 0 Å². The van der Waals surface area contributed by atoms with Gasteiger partial charge in [-0.2, -0.15) is 62.3 Å². The summed E-state index contributed by atoms with van der Waals surface area (Å²) < 4.78 is 0. The number of rotatable bonds is 0. The van der Waals surface area contributed by atoms with Gasteiger partial charge in [-0.1, -0.05) is 0 Å². The largest absolute Gasteiger partial charge is 2.00 e. The van der Waals surface area contributed by atoms with Crippen LogP contribution in [0.25, 0.3) is 0 Å². The minimum absolute atomic E-state index is 0. The Morgan fingerprint density at radius 3 is 0.385 bits per heavy atom. The molecule has 0 aliphatic heterocycles. The number of hydrogen-bond acceptors (Lipinski definition) is 0. The Morgan fingerprint density at radius 1 is 0.385 bits per heavy atom. The van der Waals surface area contributed by atoms with E-state index in [0.717, 1.165) is 0 Å². The van der Waals surface area contributed by atoms with Crippen molar-refractivity contribution in [2.45, 2.75) is 62.3 Å². The Hall–Kier alpha value is 0.623. The standard InChI is InChI=1S/3C4H9.Zn/c3*1-4(2)3;/h3*1-3H3;/q3*-1;+2. The molecule has 0 amide bonds. The zero-order chi connectivity index (χ0) is 10.7. The smallest absolute Gasteiger partial charge is 0.323 e. The van der Waals surface area contributed by atoms with Gasteiger partial charge < -0.3 is 17.8 Å². The van der Waals surface area contributed by atoms with Crippen LogP contribution in [-0.4, -0.2) is 0 Å². The maximum Gasteiger partial charge on any atom is 2.00 e. The van der Waals surface area contributed by atoms with Crippen LogP contribution in [0.2, 0.25) is 0 Å². The van der Waals surface area contributed by atoms with E-state index in [1.165, 1.54) is 17.8 Å². The zero-order valence-corrected chi connectivity index (χ0v) is 14.2. The Morgan fingerprint density at radius 2 is 0.385 bits per heavy atom. The molecule has 1 heteroatoms. The normalized spacial score (nSPS) is 8.31. The molecule has 78 valence electrons. The fourth-order valence-corrected chi connectivity index (χ4v) is 0. The van der Waals surface area contributed by atoms with Gasteiger partial charge in [0.1, 0.15) is 0 Å². The number of hydrogen-bond donors (Lipinski definition) is 0. The SMILES string of the molecule is C[C-](C)C.C[C-](C)C.C[C-](C)C.[Zn+2]. The first-order valence-corrected chi connectivity index (χ1v) is 4.50. The Kier molecular flexibility index (Phi) is 33.2. The molecule has 0 N–H and O–H groups in total. The van der Waals surface area contributed by atoms with Crippen LogP contribution in [0.15, 0.2) is 0 Å². The average Bonchev–Trinajstić information content (AvgIpc) is 1.54. The van der Waals surface area contributed by atoms with Crippen molar-refractivity contribution >= 4 is 0 Å². The summed E-state index contributed by atoms with van der Waals surface area (Å²) >= 11 is 0. The van der Waals surface area contributed by atoms with Crippen molar-refractivity contribution in [2.75, 3.05) is 0 Å². The van der Waals surface area contributed by atoms with Gasteiger partial charge in [0.15, 0.2) is 0 Å². The van der Waals surface area contributed by atoms with Crippen molar-refractivity contribution < 1.29 is 19.5 Å². The molecule has 0 fully saturated rings. The van der Waals surface area contributed by atoms with E-state index < -0.39 is 0 Å². The fraction of sp³-hybridized carbons (Fsp3) is 0.750. The molecule has 0 aliphatic carbocycles. The van der Waals surface area contributed by atoms with Crippen LogP contribution in [-0.2, 0) is 19.5 Å². The van der Waals surface area contributed by atoms with E-state index in [0.29, 0.717) is 0 Å². The van der Waals surface area contributed by atoms with Gasteiger partial charge >= 0.3 is 19.5 Å². The quantitative estimate of drug-likeness (QED) is 0.416. The summed E-state index contributed by atoms with van der Waals surface area (Å²) in [6.07, 6.45) is 0. The topological polar surface area (TPSA) is 0 Å². The van der Waals surface area contributed by atoms with E-state index in [1.54, 1.807) is 0 Å². The van der Waals surface area contributed by atoms with Crippen molar-refractivity contribution in [2.24, 2.45) is 0 Å². The van der Waals surface area contributed by atoms with Crippen LogP contribution in [0.5, 0.6) is 0 Å². The van der Waals surface area contributed by atoms with Crippen LogP contribution in [0.3, 0.4) is 0 Å². The van der Waals surface area contributed by atoms with Gasteiger partial charge in [-0.25, -0.2) is 0 Å². The summed E-state index contributed by atoms with van der Waals surface area (Å²) in [5.41, 5.74) is 0. The molecule has 0 aromatic carbocycles. The molecule has 0 atom stereocenters. The third kappa shape index (κ3) is 3670. The van der Waals surface area contributed by atoms with Gasteiger partial charge in [0.05, 0.1) is 0 Å². The van der Waals surface area contributed by atoms with Crippen LogP contribution in [0.4, 0.5) is 0 Å². The maximum atomic E-state index is 2.08. The van der Waals surface area contributed by atoms with Crippen molar-refractivity contribution in [3.8, 4) is 0 Å². The minimum atomic E-state index is 0. The molecular formula is C12H27Zn-. The third-order valence-corrected chi connectivity index (χ3v) is 0. The summed E-state index contributed by atoms with van der Waals surface area (Å²) in [5, 5.41) is 0. The molecule has 0 aromatic rings. The predicted octanol–water partition coefficient (Wildman–Crippen LogP) is 4.86. The first-order valence-electron chi connectivity index (χ1n) is 4.50. The Balaban J connectivity index is -0.0000000450. The summed E-state index contributed by atoms with van der Waals surface area (Å²) in [6, 6.07) is 0. The van der Waals surface area contributed by atoms with Gasteiger partial charge in [-0.3, -0.25) is 0 Å². The van der Waals surface area contributed by atoms with Crippen LogP contribution < -0.4 is 0 Å². The van der Waals surface area contributed by atoms with E-state index in [2.05, 4.69) is 62.3 Å². The summed E-state index contributed by atoms with van der Waals surface area (Å²) in [5.74, 6) is 4.25. The van der Waals surface area contributed by atoms with Crippen molar-refractivity contribution in [1.82, 2.24) is 0 Å². The Labute approximate surface area is 99.6 Å². The average molecular weight is 237 g/mol. The predicted molar refractivity (Wildman–Crippen MR) is 60.8 cm³/mol. The van der Waals surface area contributed by atoms with E-state index in [-0.39, 0.29) is 19.5 Å². The van der Waals surface area contributed by atoms with E-state index >= 15 is 0 Å². The second-order valence-corrected chi connectivity index (χ2v) is 4.50. The molecular weight excluding hydrogens is 210 g/mol. The molecule has 0 aromatic heterocycles. The first-order chi connectivity index (χ1) is 5.20. The molecule has 0 unspecified atom stereocenters. The molecule has 0 radical (unpaired) electrons.